The van der Waals surface area contributed by atoms with Crippen molar-refractivity contribution in [2.75, 3.05) is 13.2 Å². The predicted molar refractivity (Wildman–Crippen MR) is 79.3 cm³/mol. The molecule has 0 amide bonds. The Hall–Kier alpha value is -1.55. The van der Waals surface area contributed by atoms with Crippen LogP contribution in [0, 0.1) is 12.7 Å². The van der Waals surface area contributed by atoms with E-state index in [1.54, 1.807) is 12.1 Å². The second kappa shape index (κ2) is 5.44. The minimum Gasteiger partial charge on any atom is -0.486 e. The van der Waals surface area contributed by atoms with Gasteiger partial charge in [0.25, 0.3) is 0 Å². The lowest BCUT2D eigenvalue weighted by atomic mass is 10.00. The van der Waals surface area contributed by atoms with E-state index < -0.39 is 0 Å². The van der Waals surface area contributed by atoms with Gasteiger partial charge in [0.05, 0.1) is 4.83 Å². The maximum atomic E-state index is 13.4. The van der Waals surface area contributed by atoms with Crippen LogP contribution in [0.3, 0.4) is 0 Å². The number of ether oxygens (including phenoxy) is 2. The molecule has 0 bridgehead atoms. The Kier molecular flexibility index (Phi) is 3.66. The summed E-state index contributed by atoms with van der Waals surface area (Å²) in [5.74, 6) is 1.27. The van der Waals surface area contributed by atoms with Crippen molar-refractivity contribution in [3.8, 4) is 11.5 Å². The smallest absolute Gasteiger partial charge is 0.161 e. The molecule has 3 rings (SSSR count). The average molecular weight is 337 g/mol. The number of halogens is 2. The molecule has 0 aromatic heterocycles. The van der Waals surface area contributed by atoms with Crippen molar-refractivity contribution in [2.24, 2.45) is 0 Å². The van der Waals surface area contributed by atoms with Crippen molar-refractivity contribution in [2.45, 2.75) is 11.8 Å². The highest BCUT2D eigenvalue weighted by molar-refractivity contribution is 9.09. The number of alkyl halides is 1. The number of benzene rings is 2. The lowest BCUT2D eigenvalue weighted by Gasteiger charge is -2.20. The Morgan fingerprint density at radius 1 is 1.05 bits per heavy atom. The van der Waals surface area contributed by atoms with Gasteiger partial charge in [0.15, 0.2) is 11.5 Å². The maximum Gasteiger partial charge on any atom is 0.161 e. The van der Waals surface area contributed by atoms with Crippen molar-refractivity contribution in [3.05, 3.63) is 58.9 Å². The average Bonchev–Trinajstić information content (AvgIpc) is 2.48. The van der Waals surface area contributed by atoms with Crippen LogP contribution in [-0.2, 0) is 0 Å². The monoisotopic (exact) mass is 336 g/mol. The highest BCUT2D eigenvalue weighted by Gasteiger charge is 2.18. The van der Waals surface area contributed by atoms with E-state index in [4.69, 9.17) is 9.47 Å². The first-order chi connectivity index (χ1) is 9.65. The second-order valence-corrected chi connectivity index (χ2v) is 5.68. The van der Waals surface area contributed by atoms with E-state index in [0.717, 1.165) is 28.2 Å². The summed E-state index contributed by atoms with van der Waals surface area (Å²) in [6.07, 6.45) is 0. The fourth-order valence-corrected chi connectivity index (χ4v) is 3.06. The van der Waals surface area contributed by atoms with E-state index in [1.807, 2.05) is 25.1 Å². The number of fused-ring (bicyclic) bond motifs is 1. The Morgan fingerprint density at radius 2 is 1.80 bits per heavy atom. The van der Waals surface area contributed by atoms with Gasteiger partial charge < -0.3 is 9.47 Å². The zero-order chi connectivity index (χ0) is 14.1. The molecule has 4 heteroatoms. The lowest BCUT2D eigenvalue weighted by Crippen LogP contribution is -2.15. The van der Waals surface area contributed by atoms with Crippen LogP contribution in [0.15, 0.2) is 36.4 Å². The van der Waals surface area contributed by atoms with Crippen LogP contribution in [0.25, 0.3) is 0 Å². The van der Waals surface area contributed by atoms with Crippen LogP contribution >= 0.6 is 15.9 Å². The van der Waals surface area contributed by atoms with Gasteiger partial charge in [-0.15, -0.1) is 0 Å². The molecule has 1 heterocycles. The number of hydrogen-bond acceptors (Lipinski definition) is 2. The summed E-state index contributed by atoms with van der Waals surface area (Å²) in [7, 11) is 0. The van der Waals surface area contributed by atoms with Crippen molar-refractivity contribution in [1.29, 1.82) is 0 Å². The minimum atomic E-state index is -0.229. The molecule has 104 valence electrons. The fourth-order valence-electron chi connectivity index (χ4n) is 2.28. The molecule has 2 nitrogen and oxygen atoms in total. The van der Waals surface area contributed by atoms with Gasteiger partial charge in [-0.05, 0) is 47.9 Å². The maximum absolute atomic E-state index is 13.4. The van der Waals surface area contributed by atoms with Crippen LogP contribution in [0.1, 0.15) is 21.5 Å². The third-order valence-electron chi connectivity index (χ3n) is 3.37. The highest BCUT2D eigenvalue weighted by Crippen LogP contribution is 2.38. The van der Waals surface area contributed by atoms with E-state index in [-0.39, 0.29) is 10.6 Å². The van der Waals surface area contributed by atoms with Crippen molar-refractivity contribution < 1.29 is 13.9 Å². The van der Waals surface area contributed by atoms with Crippen LogP contribution in [-0.4, -0.2) is 13.2 Å². The van der Waals surface area contributed by atoms with E-state index in [2.05, 4.69) is 15.9 Å². The normalized spacial score (nSPS) is 14.9. The van der Waals surface area contributed by atoms with Gasteiger partial charge in [0.2, 0.25) is 0 Å². The molecule has 0 saturated heterocycles. The Morgan fingerprint density at radius 3 is 2.60 bits per heavy atom. The summed E-state index contributed by atoms with van der Waals surface area (Å²) in [4.78, 5) is -0.0750. The van der Waals surface area contributed by atoms with E-state index in [9.17, 15) is 4.39 Å². The zero-order valence-electron chi connectivity index (χ0n) is 11.0. The van der Waals surface area contributed by atoms with Gasteiger partial charge in [-0.2, -0.15) is 0 Å². The number of hydrogen-bond donors (Lipinski definition) is 0. The third kappa shape index (κ3) is 2.52. The molecule has 0 aliphatic carbocycles. The Labute approximate surface area is 125 Å². The molecule has 1 aliphatic rings. The van der Waals surface area contributed by atoms with Crippen LogP contribution in [0.5, 0.6) is 11.5 Å². The summed E-state index contributed by atoms with van der Waals surface area (Å²) >= 11 is 3.64. The molecular weight excluding hydrogens is 323 g/mol. The molecule has 2 aromatic rings. The van der Waals surface area contributed by atoms with Gasteiger partial charge in [0, 0.05) is 0 Å². The molecular formula is C16H14BrFO2. The van der Waals surface area contributed by atoms with Gasteiger partial charge in [-0.1, -0.05) is 28.1 Å². The fraction of sp³-hybridized carbons (Fsp3) is 0.250. The minimum absolute atomic E-state index is 0.0750. The molecule has 20 heavy (non-hydrogen) atoms. The first-order valence-electron chi connectivity index (χ1n) is 6.45. The topological polar surface area (TPSA) is 18.5 Å². The van der Waals surface area contributed by atoms with E-state index in [0.29, 0.717) is 13.2 Å². The largest absolute Gasteiger partial charge is 0.486 e. The molecule has 2 aromatic carbocycles. The second-order valence-electron chi connectivity index (χ2n) is 4.77. The molecule has 1 unspecified atom stereocenters. The van der Waals surface area contributed by atoms with Gasteiger partial charge in [-0.25, -0.2) is 4.39 Å². The molecule has 1 atom stereocenters. The summed E-state index contributed by atoms with van der Waals surface area (Å²) in [6.45, 7) is 3.11. The molecule has 0 radical (unpaired) electrons. The number of aryl methyl sites for hydroxylation is 1. The predicted octanol–water partition coefficient (Wildman–Crippen LogP) is 4.39. The standard InChI is InChI=1S/C16H14BrFO2/c1-10-2-4-12(18)9-13(10)16(17)11-3-5-14-15(8-11)20-7-6-19-14/h2-5,8-9,16H,6-7H2,1H3. The summed E-state index contributed by atoms with van der Waals surface area (Å²) in [6, 6.07) is 10.6. The van der Waals surface area contributed by atoms with Gasteiger partial charge in [-0.3, -0.25) is 0 Å². The summed E-state index contributed by atoms with van der Waals surface area (Å²) in [5.41, 5.74) is 2.98. The quantitative estimate of drug-likeness (QED) is 0.757. The molecule has 0 N–H and O–H groups in total. The van der Waals surface area contributed by atoms with Crippen LogP contribution in [0.2, 0.25) is 0 Å². The van der Waals surface area contributed by atoms with Crippen molar-refractivity contribution >= 4 is 15.9 Å². The highest BCUT2D eigenvalue weighted by atomic mass is 79.9. The lowest BCUT2D eigenvalue weighted by molar-refractivity contribution is 0.171. The number of rotatable bonds is 2. The molecule has 0 saturated carbocycles. The summed E-state index contributed by atoms with van der Waals surface area (Å²) < 4.78 is 24.5. The molecule has 0 fully saturated rings. The first kappa shape index (κ1) is 13.4. The van der Waals surface area contributed by atoms with Crippen molar-refractivity contribution in [3.63, 3.8) is 0 Å². The molecule has 1 aliphatic heterocycles. The summed E-state index contributed by atoms with van der Waals surface area (Å²) in [5, 5.41) is 0. The SMILES string of the molecule is Cc1ccc(F)cc1C(Br)c1ccc2c(c1)OCCO2. The molecule has 0 spiro atoms. The van der Waals surface area contributed by atoms with Crippen molar-refractivity contribution in [1.82, 2.24) is 0 Å². The van der Waals surface area contributed by atoms with E-state index >= 15 is 0 Å². The Balaban J connectivity index is 1.97. The first-order valence-corrected chi connectivity index (χ1v) is 7.36. The van der Waals surface area contributed by atoms with Gasteiger partial charge >= 0.3 is 0 Å². The van der Waals surface area contributed by atoms with Gasteiger partial charge in [0.1, 0.15) is 19.0 Å². The Bertz CT molecular complexity index is 642. The van der Waals surface area contributed by atoms with Crippen LogP contribution in [0.4, 0.5) is 4.39 Å². The third-order valence-corrected chi connectivity index (χ3v) is 4.40. The van der Waals surface area contributed by atoms with Crippen LogP contribution < -0.4 is 9.47 Å². The van der Waals surface area contributed by atoms with E-state index in [1.165, 1.54) is 6.07 Å². The zero-order valence-corrected chi connectivity index (χ0v) is 12.6.